The van der Waals surface area contributed by atoms with Crippen LogP contribution in [0.2, 0.25) is 0 Å². The first-order valence-electron chi connectivity index (χ1n) is 1.67. The van der Waals surface area contributed by atoms with Crippen LogP contribution in [0.1, 0.15) is 0 Å². The normalized spacial score (nSPS) is 10.0. The van der Waals surface area contributed by atoms with Crippen LogP contribution in [0.25, 0.3) is 0 Å². The van der Waals surface area contributed by atoms with Crippen molar-refractivity contribution in [1.82, 2.24) is 0 Å². The van der Waals surface area contributed by atoms with Crippen LogP contribution >= 0.6 is 0 Å². The maximum absolute atomic E-state index is 9.52. The largest absolute Gasteiger partial charge is 1.00 e. The number of hydrogen-bond acceptors (Lipinski definition) is 6. The van der Waals surface area contributed by atoms with Crippen molar-refractivity contribution < 1.29 is 89.6 Å². The number of rotatable bonds is 3. The quantitative estimate of drug-likeness (QED) is 0.437. The van der Waals surface area contributed by atoms with Crippen molar-refractivity contribution in [3.63, 3.8) is 0 Å². The summed E-state index contributed by atoms with van der Waals surface area (Å²) in [7, 11) is 0. The molecule has 0 spiro atoms. The van der Waals surface area contributed by atoms with E-state index in [1.807, 2.05) is 0 Å². The Morgan fingerprint density at radius 2 is 1.80 bits per heavy atom. The van der Waals surface area contributed by atoms with Gasteiger partial charge in [0.05, 0.1) is 0 Å². The first-order chi connectivity index (χ1) is 3.92. The molecule has 0 N–H and O–H groups in total. The maximum atomic E-state index is 9.52. The summed E-state index contributed by atoms with van der Waals surface area (Å²) >= 11 is -5.41. The summed E-state index contributed by atoms with van der Waals surface area (Å²) in [6.07, 6.45) is 0. The summed E-state index contributed by atoms with van der Waals surface area (Å²) in [4.78, 5) is 9.42. The molecule has 0 fully saturated rings. The second-order valence-corrected chi connectivity index (χ2v) is 2.52. The van der Waals surface area contributed by atoms with E-state index in [0.29, 0.717) is 0 Å². The van der Waals surface area contributed by atoms with E-state index in [4.69, 9.17) is 0 Å². The van der Waals surface area contributed by atoms with Crippen LogP contribution in [0.15, 0.2) is 0 Å². The third-order valence-electron chi connectivity index (χ3n) is 0.306. The number of carbonyl (C=O) groups excluding carboxylic acids is 1. The van der Waals surface area contributed by atoms with Crippen molar-refractivity contribution >= 4 is 5.97 Å². The minimum Gasteiger partial charge on any atom is 1.00 e. The fourth-order valence-electron chi connectivity index (χ4n) is 0.111. The molecule has 0 saturated carbocycles. The Balaban J connectivity index is 0. The molecule has 0 saturated heterocycles. The van der Waals surface area contributed by atoms with E-state index in [1.54, 1.807) is 0 Å². The van der Waals surface area contributed by atoms with Gasteiger partial charge < -0.3 is 0 Å². The fourth-order valence-corrected chi connectivity index (χ4v) is 0.459. The van der Waals surface area contributed by atoms with Gasteiger partial charge >= 0.3 is 102 Å². The molecule has 0 atom stereocenters. The van der Waals surface area contributed by atoms with Gasteiger partial charge in [0.2, 0.25) is 0 Å². The van der Waals surface area contributed by atoms with Gasteiger partial charge in [0.1, 0.15) is 0 Å². The second-order valence-electron chi connectivity index (χ2n) is 1.00. The minimum atomic E-state index is -5.41. The Morgan fingerprint density at radius 3 is 1.90 bits per heavy atom. The number of carbonyl (C=O) groups is 1. The van der Waals surface area contributed by atoms with Gasteiger partial charge in [-0.3, -0.25) is 0 Å². The van der Waals surface area contributed by atoms with Crippen molar-refractivity contribution in [2.45, 2.75) is 0 Å². The maximum Gasteiger partial charge on any atom is 1.00 e. The summed E-state index contributed by atoms with van der Waals surface area (Å²) in [5.74, 6) is -1.74. The molecule has 0 bridgehead atoms. The number of aliphatic carboxylic acids is 1. The zero-order valence-corrected chi connectivity index (χ0v) is 9.34. The van der Waals surface area contributed by atoms with Crippen LogP contribution in [0.3, 0.4) is 0 Å². The third kappa shape index (κ3) is 11.7. The summed E-state index contributed by atoms with van der Waals surface area (Å²) in [6, 6.07) is 0. The van der Waals surface area contributed by atoms with E-state index in [2.05, 4.69) is 3.82 Å². The van der Waals surface area contributed by atoms with E-state index in [0.717, 1.165) is 0 Å². The Morgan fingerprint density at radius 1 is 1.40 bits per heavy atom. The molecule has 6 nitrogen and oxygen atoms in total. The third-order valence-corrected chi connectivity index (χ3v) is 0.894. The molecule has 0 aliphatic heterocycles. The van der Waals surface area contributed by atoms with Gasteiger partial charge in [0.15, 0.2) is 0 Å². The Bertz CT molecular complexity index is 230. The van der Waals surface area contributed by atoms with E-state index in [1.165, 1.54) is 0 Å². The molecule has 10 heavy (non-hydrogen) atoms. The van der Waals surface area contributed by atoms with E-state index in [-0.39, 0.29) is 51.4 Å². The standard InChI is InChI=1S/C2H3O3.K.Mn.3O/c3-1-2(4)5;;;;;/h1H2,(H,4,5);;;;;/q-1;2*+1;;;/p-1. The number of carboxylic acids is 1. The van der Waals surface area contributed by atoms with Crippen molar-refractivity contribution in [3.05, 3.63) is 0 Å². The van der Waals surface area contributed by atoms with Gasteiger partial charge in [-0.2, -0.15) is 0 Å². The van der Waals surface area contributed by atoms with Crippen molar-refractivity contribution in [2.24, 2.45) is 0 Å². The van der Waals surface area contributed by atoms with Crippen LogP contribution in [-0.2, 0) is 33.1 Å². The van der Waals surface area contributed by atoms with Crippen LogP contribution in [0, 0.1) is 0 Å². The molecule has 0 aliphatic rings. The molecule has 0 aromatic carbocycles. The van der Waals surface area contributed by atoms with E-state index < -0.39 is 25.5 Å². The molecule has 0 unspecified atom stereocenters. The predicted molar refractivity (Wildman–Crippen MR) is 13.0 cm³/mol. The van der Waals surface area contributed by atoms with Gasteiger partial charge in [-0.1, -0.05) is 0 Å². The minimum absolute atomic E-state index is 0. The first-order valence-corrected chi connectivity index (χ1v) is 3.60. The molecule has 0 aromatic heterocycles. The van der Waals surface area contributed by atoms with Gasteiger partial charge in [-0.05, 0) is 0 Å². The molecule has 0 heterocycles. The van der Waals surface area contributed by atoms with Crippen LogP contribution < -0.4 is 56.5 Å². The van der Waals surface area contributed by atoms with Gasteiger partial charge in [-0.15, -0.1) is 0 Å². The van der Waals surface area contributed by atoms with Gasteiger partial charge in [0, 0.05) is 0 Å². The topological polar surface area (TPSA) is 101 Å². The monoisotopic (exact) mass is 216 g/mol. The predicted octanol–water partition coefficient (Wildman–Crippen LogP) is -5.14. The zero-order chi connectivity index (χ0) is 7.49. The Hall–Kier alpha value is 0.986. The van der Waals surface area contributed by atoms with Gasteiger partial charge in [-0.25, -0.2) is 0 Å². The molecule has 0 amide bonds. The Labute approximate surface area is 101 Å². The average Bonchev–Trinajstić information content (AvgIpc) is 1.59. The summed E-state index contributed by atoms with van der Waals surface area (Å²) in [5, 5.41) is 9.42. The summed E-state index contributed by atoms with van der Waals surface area (Å²) in [6.45, 7) is -1.20. The molecular weight excluding hydrogens is 214 g/mol. The SMILES string of the molecule is O=C([O-])C[O][Mn](=[O])(=[O])=[O].[K+]. The van der Waals surface area contributed by atoms with E-state index in [9.17, 15) is 21.4 Å². The molecule has 8 heteroatoms. The second kappa shape index (κ2) is 5.61. The number of carboxylic acid groups (broad SMARTS) is 1. The van der Waals surface area contributed by atoms with Crippen molar-refractivity contribution in [3.8, 4) is 0 Å². The molecule has 0 aliphatic carbocycles. The zero-order valence-electron chi connectivity index (χ0n) is 5.03. The van der Waals surface area contributed by atoms with Gasteiger partial charge in [0.25, 0.3) is 0 Å². The summed E-state index contributed by atoms with van der Waals surface area (Å²) < 4.78 is 31.9. The molecule has 0 radical (unpaired) electrons. The molecule has 0 aromatic rings. The summed E-state index contributed by atoms with van der Waals surface area (Å²) in [5.41, 5.74) is 0. The van der Waals surface area contributed by atoms with E-state index >= 15 is 0 Å². The van der Waals surface area contributed by atoms with Crippen LogP contribution in [0.5, 0.6) is 0 Å². The van der Waals surface area contributed by atoms with Crippen LogP contribution in [0.4, 0.5) is 0 Å². The smallest absolute Gasteiger partial charge is 1.00 e. The average molecular weight is 216 g/mol. The molecular formula is C2H2KMnO6. The number of hydrogen-bond donors (Lipinski definition) is 0. The Kier molecular flexibility index (Phi) is 7.61. The van der Waals surface area contributed by atoms with Crippen LogP contribution in [-0.4, -0.2) is 12.6 Å². The fraction of sp³-hybridized carbons (Fsp3) is 0.500. The van der Waals surface area contributed by atoms with Crippen molar-refractivity contribution in [2.75, 3.05) is 6.61 Å². The molecule has 54 valence electrons. The first kappa shape index (κ1) is 13.6. The molecule has 0 rings (SSSR count). The van der Waals surface area contributed by atoms with Crippen molar-refractivity contribution in [1.29, 1.82) is 0 Å².